The lowest BCUT2D eigenvalue weighted by atomic mass is 9.67. The average Bonchev–Trinajstić information content (AvgIpc) is 3.77. The summed E-state index contributed by atoms with van der Waals surface area (Å²) in [5.41, 5.74) is -3.65. The minimum atomic E-state index is -3.38. The van der Waals surface area contributed by atoms with Crippen LogP contribution in [-0.2, 0) is 60.8 Å². The van der Waals surface area contributed by atoms with Gasteiger partial charge in [-0.3, -0.25) is 9.59 Å². The zero-order valence-electron chi connectivity index (χ0n) is 43.7. The Morgan fingerprint density at radius 1 is 0.943 bits per heavy atom. The standard InChI is InChI=1S/C50H82N4O15S/c1-15-39-50(10,60)43(57)32(6)41(55)28(2)25-49(9,64-13)45(30(4)40(31(5)46(59)68-39)38-26-48(8,63-12)44(58)33(7)67-38)69-47-42(56)37(23-29(3)66-47)53(11)20-19-34-27-54(52-51-34)21-22-65-35-17-16-18-36(24-35)70(14,61)62/h16-18,24,27-33,37-40,42-45,47,56-58,60H,15,19-23,25-26H2,1-14H3/t28-,29-,30+,31-,32+,33+,37+,38?,39-,40+,42-,43-,44+,45-,47+,48-,49-,50-/m1/s1. The van der Waals surface area contributed by atoms with Crippen LogP contribution in [0.2, 0.25) is 0 Å². The molecule has 0 aliphatic carbocycles. The van der Waals surface area contributed by atoms with Gasteiger partial charge in [-0.25, -0.2) is 13.1 Å². The van der Waals surface area contributed by atoms with Gasteiger partial charge in [-0.1, -0.05) is 45.9 Å². The van der Waals surface area contributed by atoms with Crippen molar-refractivity contribution in [3.05, 3.63) is 36.2 Å². The number of ketones is 1. The van der Waals surface area contributed by atoms with Crippen molar-refractivity contribution in [2.24, 2.45) is 29.6 Å². The number of carbonyl (C=O) groups excluding carboxylic acids is 2. The van der Waals surface area contributed by atoms with E-state index in [9.17, 15) is 38.4 Å². The molecule has 1 unspecified atom stereocenters. The zero-order chi connectivity index (χ0) is 52.3. The molecule has 3 aliphatic rings. The van der Waals surface area contributed by atoms with Crippen molar-refractivity contribution >= 4 is 21.6 Å². The molecule has 3 fully saturated rings. The summed E-state index contributed by atoms with van der Waals surface area (Å²) in [6.45, 7) is 18.4. The van der Waals surface area contributed by atoms with Crippen LogP contribution in [0.3, 0.4) is 0 Å². The first-order valence-corrected chi connectivity index (χ1v) is 26.6. The molecule has 2 aromatic rings. The highest BCUT2D eigenvalue weighted by molar-refractivity contribution is 7.90. The van der Waals surface area contributed by atoms with E-state index >= 15 is 0 Å². The second-order valence-electron chi connectivity index (χ2n) is 21.1. The molecular formula is C50H82N4O15S. The summed E-state index contributed by atoms with van der Waals surface area (Å²) in [5.74, 6) is -4.71. The number of hydrogen-bond acceptors (Lipinski definition) is 18. The van der Waals surface area contributed by atoms with E-state index in [2.05, 4.69) is 10.3 Å². The smallest absolute Gasteiger partial charge is 0.309 e. The largest absolute Gasteiger partial charge is 0.492 e. The second-order valence-corrected chi connectivity index (χ2v) is 23.1. The molecule has 19 nitrogen and oxygen atoms in total. The number of benzene rings is 1. The predicted octanol–water partition coefficient (Wildman–Crippen LogP) is 3.40. The van der Waals surface area contributed by atoms with Gasteiger partial charge >= 0.3 is 5.97 Å². The third kappa shape index (κ3) is 13.0. The highest BCUT2D eigenvalue weighted by Gasteiger charge is 2.56. The molecule has 0 spiro atoms. The van der Waals surface area contributed by atoms with Gasteiger partial charge in [-0.05, 0) is 85.0 Å². The number of carbonyl (C=O) groups is 2. The van der Waals surface area contributed by atoms with E-state index in [4.69, 9.17) is 33.2 Å². The van der Waals surface area contributed by atoms with Crippen LogP contribution in [0.1, 0.15) is 101 Å². The number of hydrogen-bond donors (Lipinski definition) is 4. The molecule has 3 saturated heterocycles. The maximum Gasteiger partial charge on any atom is 0.309 e. The first-order chi connectivity index (χ1) is 32.6. The van der Waals surface area contributed by atoms with E-state index < -0.39 is 117 Å². The van der Waals surface area contributed by atoms with Gasteiger partial charge in [0, 0.05) is 69.9 Å². The number of ether oxygens (including phenoxy) is 7. The summed E-state index contributed by atoms with van der Waals surface area (Å²) in [6, 6.07) is 5.87. The van der Waals surface area contributed by atoms with Gasteiger partial charge in [0.25, 0.3) is 0 Å². The molecule has 4 N–H and O–H groups in total. The number of methoxy groups -OCH3 is 2. The Labute approximate surface area is 414 Å². The van der Waals surface area contributed by atoms with E-state index in [0.29, 0.717) is 37.4 Å². The average molecular weight is 1010 g/mol. The van der Waals surface area contributed by atoms with Crippen molar-refractivity contribution in [2.45, 2.75) is 191 Å². The van der Waals surface area contributed by atoms with Crippen molar-refractivity contribution < 1.29 is 71.6 Å². The van der Waals surface area contributed by atoms with Crippen LogP contribution in [-0.4, -0.2) is 179 Å². The van der Waals surface area contributed by atoms with Gasteiger partial charge in [0.1, 0.15) is 42.1 Å². The van der Waals surface area contributed by atoms with Crippen LogP contribution in [0.5, 0.6) is 5.75 Å². The fraction of sp³-hybridized carbons (Fsp3) is 0.800. The minimum Gasteiger partial charge on any atom is -0.492 e. The fourth-order valence-electron chi connectivity index (χ4n) is 11.1. The summed E-state index contributed by atoms with van der Waals surface area (Å²) in [5, 5.41) is 55.6. The van der Waals surface area contributed by atoms with E-state index in [1.54, 1.807) is 58.4 Å². The maximum absolute atomic E-state index is 14.6. The number of rotatable bonds is 15. The zero-order valence-corrected chi connectivity index (χ0v) is 44.5. The molecule has 18 atom stereocenters. The quantitative estimate of drug-likeness (QED) is 0.187. The van der Waals surface area contributed by atoms with Gasteiger partial charge in [0.2, 0.25) is 0 Å². The molecule has 5 rings (SSSR count). The summed E-state index contributed by atoms with van der Waals surface area (Å²) in [7, 11) is 1.56. The van der Waals surface area contributed by atoms with Crippen LogP contribution in [0, 0.1) is 29.6 Å². The van der Waals surface area contributed by atoms with Gasteiger partial charge in [0.15, 0.2) is 16.1 Å². The molecule has 1 aromatic heterocycles. The molecule has 0 radical (unpaired) electrons. The first-order valence-electron chi connectivity index (χ1n) is 24.7. The van der Waals surface area contributed by atoms with Crippen molar-refractivity contribution in [3.8, 4) is 5.75 Å². The molecule has 0 bridgehead atoms. The summed E-state index contributed by atoms with van der Waals surface area (Å²) < 4.78 is 70.0. The number of sulfone groups is 1. The predicted molar refractivity (Wildman–Crippen MR) is 257 cm³/mol. The Balaban J connectivity index is 1.43. The first kappa shape index (κ1) is 57.7. The van der Waals surface area contributed by atoms with E-state index in [-0.39, 0.29) is 42.7 Å². The lowest BCUT2D eigenvalue weighted by Crippen LogP contribution is -2.62. The Bertz CT molecular complexity index is 2160. The number of Topliss-reactive ketones (excluding diaryl/α,β-unsaturated/α-hetero) is 1. The fourth-order valence-corrected chi connectivity index (χ4v) is 11.8. The normalized spacial score (nSPS) is 39.6. The number of aliphatic hydroxyl groups is 4. The Hall–Kier alpha value is -3.15. The molecular weight excluding hydrogens is 929 g/mol. The third-order valence-corrected chi connectivity index (χ3v) is 16.8. The lowest BCUT2D eigenvalue weighted by molar-refractivity contribution is -0.305. The van der Waals surface area contributed by atoms with Gasteiger partial charge < -0.3 is 58.5 Å². The van der Waals surface area contributed by atoms with Crippen molar-refractivity contribution in [2.75, 3.05) is 40.7 Å². The molecule has 0 amide bonds. The number of aromatic nitrogens is 3. The molecule has 70 heavy (non-hydrogen) atoms. The second kappa shape index (κ2) is 23.4. The molecule has 1 aromatic carbocycles. The number of likely N-dealkylation sites (N-methyl/N-ethyl adjacent to an activating group) is 1. The number of aliphatic hydroxyl groups excluding tert-OH is 3. The van der Waals surface area contributed by atoms with E-state index in [1.165, 1.54) is 33.3 Å². The molecule has 0 saturated carbocycles. The van der Waals surface area contributed by atoms with Crippen LogP contribution < -0.4 is 4.74 Å². The van der Waals surface area contributed by atoms with Crippen molar-refractivity contribution in [1.29, 1.82) is 0 Å². The van der Waals surface area contributed by atoms with Crippen LogP contribution in [0.4, 0.5) is 0 Å². The van der Waals surface area contributed by atoms with Crippen LogP contribution in [0.25, 0.3) is 0 Å². The van der Waals surface area contributed by atoms with E-state index in [0.717, 1.165) is 6.26 Å². The summed E-state index contributed by atoms with van der Waals surface area (Å²) >= 11 is 0. The SMILES string of the molecule is CC[C@H]1OC(=O)[C@H](C)[C@@H](C2C[C@@](C)(OC)[C@@H](O)[C@H](C)O2)[C@H](C)[C@@H](O[C@@H]2O[C@H](C)C[C@H](N(C)CCc3cn(CCOc4cccc(S(C)(=O)=O)c4)nn3)[C@H]2O)[C@](C)(OC)C[C@@H](C)C(=O)[C@H](C)[C@@H](O)[C@]1(C)O. The topological polar surface area (TPSA) is 248 Å². The number of nitrogens with zero attached hydrogens (tertiary/aromatic N) is 4. The Morgan fingerprint density at radius 3 is 2.24 bits per heavy atom. The highest BCUT2D eigenvalue weighted by atomic mass is 32.2. The summed E-state index contributed by atoms with van der Waals surface area (Å²) in [6.07, 6.45) is -4.63. The molecule has 20 heteroatoms. The number of cyclic esters (lactones) is 1. The van der Waals surface area contributed by atoms with Crippen molar-refractivity contribution in [1.82, 2.24) is 19.9 Å². The Kier molecular flexibility index (Phi) is 19.3. The monoisotopic (exact) mass is 1010 g/mol. The minimum absolute atomic E-state index is 0.0839. The van der Waals surface area contributed by atoms with Crippen LogP contribution >= 0.6 is 0 Å². The lowest BCUT2D eigenvalue weighted by Gasteiger charge is -2.52. The van der Waals surface area contributed by atoms with Gasteiger partial charge in [0.05, 0.1) is 64.8 Å². The number of esters is 1. The van der Waals surface area contributed by atoms with Crippen molar-refractivity contribution in [3.63, 3.8) is 0 Å². The highest BCUT2D eigenvalue weighted by Crippen LogP contribution is 2.46. The van der Waals surface area contributed by atoms with E-state index in [1.807, 2.05) is 38.9 Å². The van der Waals surface area contributed by atoms with Gasteiger partial charge in [-0.15, -0.1) is 5.10 Å². The van der Waals surface area contributed by atoms with Gasteiger partial charge in [-0.2, -0.15) is 0 Å². The van der Waals surface area contributed by atoms with Crippen LogP contribution in [0.15, 0.2) is 35.4 Å². The summed E-state index contributed by atoms with van der Waals surface area (Å²) in [4.78, 5) is 31.0. The Morgan fingerprint density at radius 2 is 1.61 bits per heavy atom. The molecule has 398 valence electrons. The molecule has 4 heterocycles. The molecule has 3 aliphatic heterocycles. The third-order valence-electron chi connectivity index (χ3n) is 15.7. The maximum atomic E-state index is 14.6.